The van der Waals surface area contributed by atoms with Crippen LogP contribution in [0.1, 0.15) is 28.4 Å². The van der Waals surface area contributed by atoms with E-state index in [1.54, 1.807) is 11.3 Å². The number of carbonyl (C=O) groups is 1. The van der Waals surface area contributed by atoms with Gasteiger partial charge in [-0.3, -0.25) is 4.79 Å². The zero-order chi connectivity index (χ0) is 12.5. The number of hydrogen-bond donors (Lipinski definition) is 1. The lowest BCUT2D eigenvalue weighted by Gasteiger charge is -2.32. The highest BCUT2D eigenvalue weighted by molar-refractivity contribution is 7.11. The maximum absolute atomic E-state index is 11.5. The molecule has 1 atom stereocenters. The van der Waals surface area contributed by atoms with Gasteiger partial charge in [-0.1, -0.05) is 0 Å². The molecule has 1 unspecified atom stereocenters. The largest absolute Gasteiger partial charge is 0.481 e. The average molecular weight is 255 g/mol. The average Bonchev–Trinajstić information content (AvgIpc) is 2.59. The molecule has 1 aromatic heterocycles. The van der Waals surface area contributed by atoms with Gasteiger partial charge < -0.3 is 9.84 Å². The molecule has 1 aliphatic rings. The molecule has 0 spiro atoms. The van der Waals surface area contributed by atoms with E-state index in [1.165, 1.54) is 0 Å². The van der Waals surface area contributed by atoms with E-state index in [-0.39, 0.29) is 0 Å². The second-order valence-corrected chi connectivity index (χ2v) is 5.96. The van der Waals surface area contributed by atoms with Crippen LogP contribution in [-0.4, -0.2) is 29.3 Å². The normalized spacial score (nSPS) is 24.8. The van der Waals surface area contributed by atoms with E-state index >= 15 is 0 Å². The summed E-state index contributed by atoms with van der Waals surface area (Å²) in [6.45, 7) is 4.95. The first-order valence-corrected chi connectivity index (χ1v) is 6.59. The molecule has 2 heterocycles. The van der Waals surface area contributed by atoms with Crippen LogP contribution < -0.4 is 0 Å². The maximum Gasteiger partial charge on any atom is 0.312 e. The lowest BCUT2D eigenvalue weighted by atomic mass is 9.80. The fourth-order valence-electron chi connectivity index (χ4n) is 2.14. The number of nitrogens with zero attached hydrogens (tertiary/aromatic N) is 1. The first-order chi connectivity index (χ1) is 8.03. The molecule has 5 heteroatoms. The molecule has 1 N–H and O–H groups in total. The molecule has 0 bridgehead atoms. The lowest BCUT2D eigenvalue weighted by Crippen LogP contribution is -2.41. The Hall–Kier alpha value is -0.940. The Morgan fingerprint density at radius 3 is 2.82 bits per heavy atom. The van der Waals surface area contributed by atoms with E-state index in [4.69, 9.17) is 4.74 Å². The van der Waals surface area contributed by atoms with E-state index in [0.717, 1.165) is 22.0 Å². The van der Waals surface area contributed by atoms with Gasteiger partial charge in [0, 0.05) is 17.9 Å². The number of aryl methyl sites for hydroxylation is 2. The van der Waals surface area contributed by atoms with Crippen molar-refractivity contribution in [1.29, 1.82) is 0 Å². The minimum absolute atomic E-state index is 0.306. The van der Waals surface area contributed by atoms with Crippen LogP contribution in [0.5, 0.6) is 0 Å². The van der Waals surface area contributed by atoms with Crippen LogP contribution in [-0.2, 0) is 16.0 Å². The third-order valence-electron chi connectivity index (χ3n) is 3.34. The summed E-state index contributed by atoms with van der Waals surface area (Å²) in [7, 11) is 0. The molecular weight excluding hydrogens is 238 g/mol. The van der Waals surface area contributed by atoms with Crippen molar-refractivity contribution in [2.45, 2.75) is 33.1 Å². The SMILES string of the molecule is Cc1nc(CC2(C(=O)O)CCCOC2)sc1C. The number of aromatic nitrogens is 1. The van der Waals surface area contributed by atoms with Gasteiger partial charge in [0.2, 0.25) is 0 Å². The van der Waals surface area contributed by atoms with Crippen molar-refractivity contribution < 1.29 is 14.6 Å². The van der Waals surface area contributed by atoms with Crippen molar-refractivity contribution in [3.8, 4) is 0 Å². The second kappa shape index (κ2) is 4.74. The van der Waals surface area contributed by atoms with Gasteiger partial charge in [-0.25, -0.2) is 4.98 Å². The molecule has 94 valence electrons. The van der Waals surface area contributed by atoms with Crippen molar-refractivity contribution in [2.24, 2.45) is 5.41 Å². The molecule has 0 aromatic carbocycles. The highest BCUT2D eigenvalue weighted by Crippen LogP contribution is 2.34. The minimum Gasteiger partial charge on any atom is -0.481 e. The van der Waals surface area contributed by atoms with Gasteiger partial charge in [-0.2, -0.15) is 0 Å². The summed E-state index contributed by atoms with van der Waals surface area (Å²) in [4.78, 5) is 17.1. The molecule has 0 aliphatic carbocycles. The van der Waals surface area contributed by atoms with Gasteiger partial charge in [0.15, 0.2) is 0 Å². The summed E-state index contributed by atoms with van der Waals surface area (Å²) in [6, 6.07) is 0. The van der Waals surface area contributed by atoms with E-state index in [1.807, 2.05) is 13.8 Å². The fourth-order valence-corrected chi connectivity index (χ4v) is 3.22. The predicted molar refractivity (Wildman–Crippen MR) is 65.4 cm³/mol. The summed E-state index contributed by atoms with van der Waals surface area (Å²) < 4.78 is 5.35. The molecule has 4 nitrogen and oxygen atoms in total. The van der Waals surface area contributed by atoms with Crippen molar-refractivity contribution in [3.63, 3.8) is 0 Å². The number of hydrogen-bond acceptors (Lipinski definition) is 4. The van der Waals surface area contributed by atoms with Gasteiger partial charge in [0.25, 0.3) is 0 Å². The number of carboxylic acid groups (broad SMARTS) is 1. The first kappa shape index (κ1) is 12.5. The maximum atomic E-state index is 11.5. The van der Waals surface area contributed by atoms with Crippen LogP contribution in [0.2, 0.25) is 0 Å². The molecule has 2 rings (SSSR count). The van der Waals surface area contributed by atoms with Crippen molar-refractivity contribution in [1.82, 2.24) is 4.98 Å². The second-order valence-electron chi connectivity index (χ2n) is 4.67. The first-order valence-electron chi connectivity index (χ1n) is 5.77. The van der Waals surface area contributed by atoms with E-state index in [0.29, 0.717) is 26.1 Å². The highest BCUT2D eigenvalue weighted by atomic mass is 32.1. The Morgan fingerprint density at radius 2 is 2.35 bits per heavy atom. The van der Waals surface area contributed by atoms with Crippen molar-refractivity contribution in [3.05, 3.63) is 15.6 Å². The Balaban J connectivity index is 2.20. The number of thiazole rings is 1. The summed E-state index contributed by atoms with van der Waals surface area (Å²) in [5.74, 6) is -0.761. The monoisotopic (exact) mass is 255 g/mol. The summed E-state index contributed by atoms with van der Waals surface area (Å²) in [6.07, 6.45) is 1.98. The van der Waals surface area contributed by atoms with E-state index in [9.17, 15) is 9.90 Å². The van der Waals surface area contributed by atoms with Crippen LogP contribution in [0.15, 0.2) is 0 Å². The third kappa shape index (κ3) is 2.50. The van der Waals surface area contributed by atoms with Crippen molar-refractivity contribution >= 4 is 17.3 Å². The Morgan fingerprint density at radius 1 is 1.59 bits per heavy atom. The zero-order valence-corrected chi connectivity index (χ0v) is 11.0. The molecule has 1 aliphatic heterocycles. The molecule has 1 fully saturated rings. The standard InChI is InChI=1S/C12H17NO3S/c1-8-9(2)17-10(13-8)6-12(11(14)15)4-3-5-16-7-12/h3-7H2,1-2H3,(H,14,15). The summed E-state index contributed by atoms with van der Waals surface area (Å²) >= 11 is 1.59. The van der Waals surface area contributed by atoms with Crippen LogP contribution in [0, 0.1) is 19.3 Å². The highest BCUT2D eigenvalue weighted by Gasteiger charge is 2.41. The van der Waals surface area contributed by atoms with Gasteiger partial charge in [0.1, 0.15) is 0 Å². The molecule has 17 heavy (non-hydrogen) atoms. The van der Waals surface area contributed by atoms with E-state index < -0.39 is 11.4 Å². The number of rotatable bonds is 3. The van der Waals surface area contributed by atoms with Crippen molar-refractivity contribution in [2.75, 3.05) is 13.2 Å². The fraction of sp³-hybridized carbons (Fsp3) is 0.667. The van der Waals surface area contributed by atoms with Crippen LogP contribution in [0.4, 0.5) is 0 Å². The molecule has 0 amide bonds. The van der Waals surface area contributed by atoms with Gasteiger partial charge >= 0.3 is 5.97 Å². The Kier molecular flexibility index (Phi) is 3.49. The minimum atomic E-state index is -0.769. The van der Waals surface area contributed by atoms with Crippen LogP contribution in [0.3, 0.4) is 0 Å². The van der Waals surface area contributed by atoms with Gasteiger partial charge in [0.05, 0.1) is 22.7 Å². The Bertz CT molecular complexity index is 402. The summed E-state index contributed by atoms with van der Waals surface area (Å²) in [5.41, 5.74) is 0.233. The molecule has 0 radical (unpaired) electrons. The Labute approximate surface area is 105 Å². The number of ether oxygens (including phenoxy) is 1. The van der Waals surface area contributed by atoms with Crippen LogP contribution in [0.25, 0.3) is 0 Å². The smallest absolute Gasteiger partial charge is 0.312 e. The van der Waals surface area contributed by atoms with Gasteiger partial charge in [-0.15, -0.1) is 11.3 Å². The van der Waals surface area contributed by atoms with Crippen LogP contribution >= 0.6 is 11.3 Å². The summed E-state index contributed by atoms with van der Waals surface area (Å²) in [5, 5.41) is 10.3. The third-order valence-corrected chi connectivity index (χ3v) is 4.41. The quantitative estimate of drug-likeness (QED) is 0.899. The number of aliphatic carboxylic acids is 1. The molecule has 1 aromatic rings. The predicted octanol–water partition coefficient (Wildman–Crippen LogP) is 2.18. The lowest BCUT2D eigenvalue weighted by molar-refractivity contribution is -0.157. The molecule has 0 saturated carbocycles. The zero-order valence-electron chi connectivity index (χ0n) is 10.2. The molecular formula is C12H17NO3S. The topological polar surface area (TPSA) is 59.4 Å². The van der Waals surface area contributed by atoms with Gasteiger partial charge in [-0.05, 0) is 26.7 Å². The van der Waals surface area contributed by atoms with E-state index in [2.05, 4.69) is 4.98 Å². The molecule has 1 saturated heterocycles. The number of carboxylic acids is 1.